The second-order valence-electron chi connectivity index (χ2n) is 8.30. The molecule has 194 valence electrons. The zero-order valence-electron chi connectivity index (χ0n) is 19.6. The predicted molar refractivity (Wildman–Crippen MR) is 149 cm³/mol. The summed E-state index contributed by atoms with van der Waals surface area (Å²) in [6.45, 7) is 2.04. The van der Waals surface area contributed by atoms with Crippen LogP contribution in [0.5, 0.6) is 0 Å². The van der Waals surface area contributed by atoms with Crippen molar-refractivity contribution < 1.29 is 18.9 Å². The Hall–Kier alpha value is -3.77. The first kappa shape index (κ1) is 25.9. The van der Waals surface area contributed by atoms with E-state index < -0.39 is 10.8 Å². The Bertz CT molecular complexity index is 1550. The molecule has 0 radical (unpaired) electrons. The number of amides is 1. The van der Waals surface area contributed by atoms with Gasteiger partial charge in [-0.15, -0.1) is 0 Å². The number of carbonyl (C=O) groups is 1. The van der Waals surface area contributed by atoms with Crippen LogP contribution < -0.4 is 15.5 Å². The van der Waals surface area contributed by atoms with Crippen molar-refractivity contribution in [3.8, 4) is 11.5 Å². The summed E-state index contributed by atoms with van der Waals surface area (Å²) in [6, 6.07) is 14.6. The fraction of sp³-hybridized carbons (Fsp3) is 0.160. The molecule has 0 saturated carbocycles. The molecule has 1 aromatic heterocycles. The van der Waals surface area contributed by atoms with Crippen molar-refractivity contribution in [3.63, 3.8) is 0 Å². The van der Waals surface area contributed by atoms with Gasteiger partial charge in [-0.25, -0.2) is 4.98 Å². The maximum Gasteiger partial charge on any atom is 0.293 e. The van der Waals surface area contributed by atoms with Crippen LogP contribution in [0.4, 0.5) is 17.1 Å². The van der Waals surface area contributed by atoms with Crippen LogP contribution in [0.1, 0.15) is 10.4 Å². The molecule has 0 spiro atoms. The normalized spacial score (nSPS) is 13.4. The van der Waals surface area contributed by atoms with Crippen molar-refractivity contribution >= 4 is 74.6 Å². The topological polar surface area (TPSA) is 123 Å². The molecule has 1 aliphatic heterocycles. The molecule has 2 N–H and O–H groups in total. The number of nitrogens with zero attached hydrogens (tertiary/aromatic N) is 3. The van der Waals surface area contributed by atoms with Crippen LogP contribution in [0.25, 0.3) is 22.6 Å². The smallest absolute Gasteiger partial charge is 0.293 e. The number of nitrogens with one attached hydrogen (secondary N) is 2. The Balaban J connectivity index is 1.25. The van der Waals surface area contributed by atoms with E-state index in [9.17, 15) is 14.9 Å². The molecule has 0 unspecified atom stereocenters. The number of carbonyl (C=O) groups excluding carboxylic acids is 1. The first-order valence-corrected chi connectivity index (χ1v) is 12.5. The summed E-state index contributed by atoms with van der Waals surface area (Å²) in [5.41, 5.74) is 2.68. The third-order valence-corrected chi connectivity index (χ3v) is 6.52. The summed E-state index contributed by atoms with van der Waals surface area (Å²) < 4.78 is 11.1. The summed E-state index contributed by atoms with van der Waals surface area (Å²) in [5, 5.41) is 18.0. The van der Waals surface area contributed by atoms with Gasteiger partial charge in [-0.05, 0) is 60.7 Å². The number of anilines is 2. The van der Waals surface area contributed by atoms with Crippen LogP contribution in [0.2, 0.25) is 10.0 Å². The number of hydrogen-bond donors (Lipinski definition) is 2. The lowest BCUT2D eigenvalue weighted by Gasteiger charge is -2.28. The van der Waals surface area contributed by atoms with Gasteiger partial charge in [0, 0.05) is 41.0 Å². The minimum Gasteiger partial charge on any atom is -0.435 e. The van der Waals surface area contributed by atoms with Crippen LogP contribution in [-0.2, 0) is 4.74 Å². The first-order valence-electron chi connectivity index (χ1n) is 11.4. The van der Waals surface area contributed by atoms with Crippen LogP contribution in [0, 0.1) is 10.1 Å². The minimum absolute atomic E-state index is 0.0333. The van der Waals surface area contributed by atoms with E-state index in [2.05, 4.69) is 15.6 Å². The van der Waals surface area contributed by atoms with Gasteiger partial charge in [-0.1, -0.05) is 23.2 Å². The monoisotopic (exact) mass is 571 g/mol. The van der Waals surface area contributed by atoms with E-state index in [1.165, 1.54) is 12.1 Å². The van der Waals surface area contributed by atoms with Gasteiger partial charge < -0.3 is 19.4 Å². The number of fused-ring (bicyclic) bond motifs is 1. The number of halogens is 2. The van der Waals surface area contributed by atoms with E-state index in [1.807, 2.05) is 4.90 Å². The van der Waals surface area contributed by atoms with Crippen LogP contribution in [0.3, 0.4) is 0 Å². The molecule has 3 aromatic carbocycles. The van der Waals surface area contributed by atoms with Gasteiger partial charge >= 0.3 is 0 Å². The zero-order chi connectivity index (χ0) is 26.8. The maximum absolute atomic E-state index is 12.7. The molecule has 4 aromatic rings. The van der Waals surface area contributed by atoms with E-state index in [1.54, 1.807) is 42.5 Å². The van der Waals surface area contributed by atoms with Crippen LogP contribution >= 0.6 is 35.4 Å². The number of nitro groups is 1. The van der Waals surface area contributed by atoms with Crippen molar-refractivity contribution in [2.75, 3.05) is 36.5 Å². The average molecular weight is 572 g/mol. The van der Waals surface area contributed by atoms with Gasteiger partial charge in [-0.3, -0.25) is 20.2 Å². The number of oxazole rings is 1. The first-order chi connectivity index (χ1) is 18.3. The lowest BCUT2D eigenvalue weighted by molar-refractivity contribution is -0.384. The van der Waals surface area contributed by atoms with Crippen LogP contribution in [-0.4, -0.2) is 47.2 Å². The molecule has 10 nitrogen and oxygen atoms in total. The van der Waals surface area contributed by atoms with Crippen molar-refractivity contribution in [1.29, 1.82) is 0 Å². The molecule has 5 rings (SSSR count). The second-order valence-corrected chi connectivity index (χ2v) is 9.55. The fourth-order valence-corrected chi connectivity index (χ4v) is 4.73. The molecule has 2 heterocycles. The zero-order valence-corrected chi connectivity index (χ0v) is 21.9. The summed E-state index contributed by atoms with van der Waals surface area (Å²) in [4.78, 5) is 30.2. The summed E-state index contributed by atoms with van der Waals surface area (Å²) >= 11 is 17.5. The molecule has 1 aliphatic rings. The number of rotatable bonds is 5. The Morgan fingerprint density at radius 2 is 1.82 bits per heavy atom. The van der Waals surface area contributed by atoms with Gasteiger partial charge in [0.25, 0.3) is 11.6 Å². The van der Waals surface area contributed by atoms with Crippen molar-refractivity contribution in [1.82, 2.24) is 10.3 Å². The Morgan fingerprint density at radius 1 is 1.08 bits per heavy atom. The Kier molecular flexibility index (Phi) is 7.43. The molecule has 1 amide bonds. The van der Waals surface area contributed by atoms with E-state index in [-0.39, 0.29) is 16.4 Å². The lowest BCUT2D eigenvalue weighted by Crippen LogP contribution is -2.37. The number of hydrogen-bond acceptors (Lipinski definition) is 8. The van der Waals surface area contributed by atoms with E-state index in [4.69, 9.17) is 44.6 Å². The average Bonchev–Trinajstić information content (AvgIpc) is 3.33. The molecule has 0 aliphatic carbocycles. The molecular weight excluding hydrogens is 553 g/mol. The highest BCUT2D eigenvalue weighted by Crippen LogP contribution is 2.32. The molecule has 1 fully saturated rings. The van der Waals surface area contributed by atoms with Gasteiger partial charge in [0.15, 0.2) is 10.7 Å². The molecular formula is C25H19Cl2N5O5S. The van der Waals surface area contributed by atoms with Gasteiger partial charge in [-0.2, -0.15) is 0 Å². The summed E-state index contributed by atoms with van der Waals surface area (Å²) in [5.74, 6) is -0.202. The standard InChI is InChI=1S/C25H19Cl2N5O5S/c26-16-12-18(27)22-19(13-16)29-24(37-22)14-1-4-17(5-2-14)28-25(38)30-23(33)15-3-6-20(21(11-15)32(34)35)31-7-9-36-10-8-31/h1-6,11-13H,7-10H2,(H2,28,30,33,38). The third-order valence-electron chi connectivity index (χ3n) is 5.81. The van der Waals surface area contributed by atoms with Crippen LogP contribution in [0.15, 0.2) is 59.0 Å². The molecule has 1 saturated heterocycles. The predicted octanol–water partition coefficient (Wildman–Crippen LogP) is 5.67. The van der Waals surface area contributed by atoms with Gasteiger partial charge in [0.1, 0.15) is 11.2 Å². The number of benzene rings is 3. The SMILES string of the molecule is O=C(NC(=S)Nc1ccc(-c2nc3cc(Cl)cc(Cl)c3o2)cc1)c1ccc(N2CCOCC2)c([N+](=O)[O-])c1. The highest BCUT2D eigenvalue weighted by atomic mass is 35.5. The number of ether oxygens (including phenoxy) is 1. The summed E-state index contributed by atoms with van der Waals surface area (Å²) in [7, 11) is 0. The molecule has 0 bridgehead atoms. The van der Waals surface area contributed by atoms with E-state index >= 15 is 0 Å². The molecule has 0 atom stereocenters. The fourth-order valence-electron chi connectivity index (χ4n) is 4.00. The Morgan fingerprint density at radius 3 is 2.53 bits per heavy atom. The number of morpholine rings is 1. The third kappa shape index (κ3) is 5.55. The quantitative estimate of drug-likeness (QED) is 0.177. The Labute approximate surface area is 231 Å². The number of aromatic nitrogens is 1. The second kappa shape index (κ2) is 10.9. The van der Waals surface area contributed by atoms with Crippen molar-refractivity contribution in [2.24, 2.45) is 0 Å². The van der Waals surface area contributed by atoms with Crippen molar-refractivity contribution in [3.05, 3.63) is 80.3 Å². The maximum atomic E-state index is 12.7. The summed E-state index contributed by atoms with van der Waals surface area (Å²) in [6.07, 6.45) is 0. The van der Waals surface area contributed by atoms with Gasteiger partial charge in [0.2, 0.25) is 5.89 Å². The van der Waals surface area contributed by atoms with E-state index in [0.717, 1.165) is 0 Å². The minimum atomic E-state index is -0.572. The molecule has 38 heavy (non-hydrogen) atoms. The van der Waals surface area contributed by atoms with Gasteiger partial charge in [0.05, 0.1) is 23.2 Å². The lowest BCUT2D eigenvalue weighted by atomic mass is 10.1. The number of thiocarbonyl (C=S) groups is 1. The largest absolute Gasteiger partial charge is 0.435 e. The van der Waals surface area contributed by atoms with Crippen molar-refractivity contribution in [2.45, 2.75) is 0 Å². The molecule has 13 heteroatoms. The number of nitro benzene ring substituents is 1. The van der Waals surface area contributed by atoms with E-state index in [0.29, 0.717) is 70.3 Å². The highest BCUT2D eigenvalue weighted by Gasteiger charge is 2.23. The highest BCUT2D eigenvalue weighted by molar-refractivity contribution is 7.80.